The third kappa shape index (κ3) is 4.19. The molecule has 0 spiro atoms. The number of hydrogen-bond acceptors (Lipinski definition) is 4. The Kier molecular flexibility index (Phi) is 6.17. The van der Waals surface area contributed by atoms with Crippen LogP contribution in [0.25, 0.3) is 0 Å². The van der Waals surface area contributed by atoms with Crippen LogP contribution in [0.4, 0.5) is 5.69 Å². The van der Waals surface area contributed by atoms with E-state index in [0.717, 1.165) is 0 Å². The molecule has 0 bridgehead atoms. The molecule has 0 fully saturated rings. The number of rotatable bonds is 7. The van der Waals surface area contributed by atoms with Gasteiger partial charge in [0.1, 0.15) is 5.75 Å². The summed E-state index contributed by atoms with van der Waals surface area (Å²) in [7, 11) is 1.49. The van der Waals surface area contributed by atoms with E-state index < -0.39 is 18.1 Å². The summed E-state index contributed by atoms with van der Waals surface area (Å²) in [4.78, 5) is 24.5. The van der Waals surface area contributed by atoms with E-state index in [0.29, 0.717) is 17.8 Å². The van der Waals surface area contributed by atoms with Crippen LogP contribution in [0, 0.1) is 0 Å². The normalized spacial score (nSPS) is 13.4. The lowest BCUT2D eigenvalue weighted by Gasteiger charge is -2.29. The highest BCUT2D eigenvalue weighted by Crippen LogP contribution is 2.28. The summed E-state index contributed by atoms with van der Waals surface area (Å²) in [5, 5.41) is 12.7. The van der Waals surface area contributed by atoms with E-state index in [-0.39, 0.29) is 6.04 Å². The van der Waals surface area contributed by atoms with Gasteiger partial charge < -0.3 is 20.1 Å². The summed E-state index contributed by atoms with van der Waals surface area (Å²) in [6.07, 6.45) is -0.753. The highest BCUT2D eigenvalue weighted by Gasteiger charge is 2.29. The van der Waals surface area contributed by atoms with Crippen LogP contribution in [-0.2, 0) is 9.59 Å². The zero-order valence-corrected chi connectivity index (χ0v) is 12.7. The molecule has 2 N–H and O–H groups in total. The van der Waals surface area contributed by atoms with Crippen LogP contribution in [0.15, 0.2) is 24.3 Å². The molecule has 1 aromatic rings. The maximum atomic E-state index is 11.9. The molecule has 0 heterocycles. The van der Waals surface area contributed by atoms with Gasteiger partial charge in [0.2, 0.25) is 6.41 Å². The van der Waals surface area contributed by atoms with Crippen LogP contribution in [0.3, 0.4) is 0 Å². The fourth-order valence-corrected chi connectivity index (χ4v) is 1.96. The largest absolute Gasteiger partial charge is 0.495 e. The lowest BCUT2D eigenvalue weighted by Crippen LogP contribution is -2.50. The highest BCUT2D eigenvalue weighted by molar-refractivity contribution is 5.86. The Hall–Kier alpha value is -2.08. The molecule has 6 nitrogen and oxygen atoms in total. The number of ether oxygens (including phenoxy) is 1. The quantitative estimate of drug-likeness (QED) is 0.733. The molecule has 0 saturated carbocycles. The standard InChI is InChI=1S/C15H22N2O4/c1-10(2)16-15(20)14(19)11(3)17(9-18)12-7-5-6-8-13(12)21-4/h5-11,14,19H,1-4H3,(H,16,20). The summed E-state index contributed by atoms with van der Waals surface area (Å²) in [6.45, 7) is 5.20. The molecule has 1 rings (SSSR count). The first-order chi connectivity index (χ1) is 9.92. The van der Waals surface area contributed by atoms with Gasteiger partial charge in [0.05, 0.1) is 18.8 Å². The topological polar surface area (TPSA) is 78.9 Å². The Morgan fingerprint density at radius 3 is 2.48 bits per heavy atom. The number of methoxy groups -OCH3 is 1. The van der Waals surface area contributed by atoms with E-state index in [1.54, 1.807) is 45.0 Å². The first-order valence-electron chi connectivity index (χ1n) is 6.77. The summed E-state index contributed by atoms with van der Waals surface area (Å²) in [6, 6.07) is 6.11. The van der Waals surface area contributed by atoms with Crippen LogP contribution in [0.5, 0.6) is 5.75 Å². The number of carbonyl (C=O) groups is 2. The van der Waals surface area contributed by atoms with Gasteiger partial charge in [-0.2, -0.15) is 0 Å². The lowest BCUT2D eigenvalue weighted by atomic mass is 10.1. The van der Waals surface area contributed by atoms with E-state index in [1.807, 2.05) is 0 Å². The number of carbonyl (C=O) groups excluding carboxylic acids is 2. The van der Waals surface area contributed by atoms with Crippen molar-refractivity contribution in [2.24, 2.45) is 0 Å². The Balaban J connectivity index is 2.98. The average Bonchev–Trinajstić information content (AvgIpc) is 2.46. The fraction of sp³-hybridized carbons (Fsp3) is 0.467. The first kappa shape index (κ1) is 17.0. The van der Waals surface area contributed by atoms with Crippen molar-refractivity contribution in [1.82, 2.24) is 5.32 Å². The molecule has 2 unspecified atom stereocenters. The Morgan fingerprint density at radius 1 is 1.33 bits per heavy atom. The number of anilines is 1. The van der Waals surface area contributed by atoms with Gasteiger partial charge >= 0.3 is 0 Å². The summed E-state index contributed by atoms with van der Waals surface area (Å²) < 4.78 is 5.20. The molecule has 116 valence electrons. The number of nitrogens with one attached hydrogen (secondary N) is 1. The molecule has 0 aromatic heterocycles. The van der Waals surface area contributed by atoms with E-state index in [9.17, 15) is 14.7 Å². The van der Waals surface area contributed by atoms with E-state index >= 15 is 0 Å². The molecule has 2 atom stereocenters. The van der Waals surface area contributed by atoms with Crippen molar-refractivity contribution in [2.75, 3.05) is 12.0 Å². The minimum Gasteiger partial charge on any atom is -0.495 e. The Bertz CT molecular complexity index is 490. The van der Waals surface area contributed by atoms with Crippen LogP contribution in [-0.4, -0.2) is 42.7 Å². The van der Waals surface area contributed by atoms with Crippen molar-refractivity contribution in [2.45, 2.75) is 39.0 Å². The molecule has 0 saturated heterocycles. The van der Waals surface area contributed by atoms with Gasteiger partial charge in [-0.3, -0.25) is 9.59 Å². The number of amides is 2. The minimum absolute atomic E-state index is 0.0877. The van der Waals surface area contributed by atoms with Crippen molar-refractivity contribution < 1.29 is 19.4 Å². The van der Waals surface area contributed by atoms with E-state index in [1.165, 1.54) is 12.0 Å². The molecule has 2 amide bonds. The van der Waals surface area contributed by atoms with Gasteiger partial charge in [0.15, 0.2) is 6.10 Å². The number of aliphatic hydroxyl groups is 1. The molecule has 0 radical (unpaired) electrons. The molecule has 1 aromatic carbocycles. The second-order valence-electron chi connectivity index (χ2n) is 5.03. The molecule has 0 aliphatic rings. The van der Waals surface area contributed by atoms with Crippen LogP contribution in [0.1, 0.15) is 20.8 Å². The second kappa shape index (κ2) is 7.64. The van der Waals surface area contributed by atoms with Crippen molar-refractivity contribution in [3.05, 3.63) is 24.3 Å². The van der Waals surface area contributed by atoms with E-state index in [4.69, 9.17) is 4.74 Å². The number of hydrogen-bond donors (Lipinski definition) is 2. The smallest absolute Gasteiger partial charge is 0.251 e. The molecular formula is C15H22N2O4. The molecule has 6 heteroatoms. The second-order valence-corrected chi connectivity index (χ2v) is 5.03. The van der Waals surface area contributed by atoms with Gasteiger partial charge in [0, 0.05) is 6.04 Å². The van der Waals surface area contributed by atoms with Gasteiger partial charge in [-0.05, 0) is 32.9 Å². The summed E-state index contributed by atoms with van der Waals surface area (Å²) in [5.74, 6) is -0.0211. The maximum Gasteiger partial charge on any atom is 0.251 e. The monoisotopic (exact) mass is 294 g/mol. The minimum atomic E-state index is -1.33. The van der Waals surface area contributed by atoms with Gasteiger partial charge in [0.25, 0.3) is 5.91 Å². The van der Waals surface area contributed by atoms with Crippen LogP contribution >= 0.6 is 0 Å². The predicted molar refractivity (Wildman–Crippen MR) is 80.3 cm³/mol. The summed E-state index contributed by atoms with van der Waals surface area (Å²) in [5.41, 5.74) is 0.499. The zero-order valence-electron chi connectivity index (χ0n) is 12.7. The number of nitrogens with zero attached hydrogens (tertiary/aromatic N) is 1. The van der Waals surface area contributed by atoms with Gasteiger partial charge in [-0.15, -0.1) is 0 Å². The highest BCUT2D eigenvalue weighted by atomic mass is 16.5. The van der Waals surface area contributed by atoms with Crippen molar-refractivity contribution in [3.8, 4) is 5.75 Å². The van der Waals surface area contributed by atoms with Gasteiger partial charge in [-0.25, -0.2) is 0 Å². The Morgan fingerprint density at radius 2 is 1.95 bits per heavy atom. The van der Waals surface area contributed by atoms with Crippen molar-refractivity contribution in [1.29, 1.82) is 0 Å². The number of para-hydroxylation sites is 2. The molecule has 21 heavy (non-hydrogen) atoms. The van der Waals surface area contributed by atoms with Crippen molar-refractivity contribution in [3.63, 3.8) is 0 Å². The van der Waals surface area contributed by atoms with Crippen molar-refractivity contribution >= 4 is 18.0 Å². The fourth-order valence-electron chi connectivity index (χ4n) is 1.96. The van der Waals surface area contributed by atoms with E-state index in [2.05, 4.69) is 5.32 Å². The lowest BCUT2D eigenvalue weighted by molar-refractivity contribution is -0.130. The number of aliphatic hydroxyl groups excluding tert-OH is 1. The zero-order chi connectivity index (χ0) is 16.0. The predicted octanol–water partition coefficient (Wildman–Crippen LogP) is 0.932. The maximum absolute atomic E-state index is 11.9. The molecular weight excluding hydrogens is 272 g/mol. The number of benzene rings is 1. The Labute approximate surface area is 124 Å². The van der Waals surface area contributed by atoms with Crippen LogP contribution in [0.2, 0.25) is 0 Å². The SMILES string of the molecule is COc1ccccc1N(C=O)C(C)C(O)C(=O)NC(C)C. The van der Waals surface area contributed by atoms with Gasteiger partial charge in [-0.1, -0.05) is 12.1 Å². The summed E-state index contributed by atoms with van der Waals surface area (Å²) >= 11 is 0. The third-order valence-electron chi connectivity index (χ3n) is 3.07. The third-order valence-corrected chi connectivity index (χ3v) is 3.07. The molecule has 0 aliphatic carbocycles. The molecule has 0 aliphatic heterocycles. The first-order valence-corrected chi connectivity index (χ1v) is 6.77. The average molecular weight is 294 g/mol. The van der Waals surface area contributed by atoms with Crippen LogP contribution < -0.4 is 15.0 Å².